The highest BCUT2D eigenvalue weighted by Gasteiger charge is 2.26. The Morgan fingerprint density at radius 3 is 2.77 bits per heavy atom. The van der Waals surface area contributed by atoms with Gasteiger partial charge < -0.3 is 15.0 Å². The van der Waals surface area contributed by atoms with Crippen LogP contribution in [-0.4, -0.2) is 30.4 Å². The van der Waals surface area contributed by atoms with Gasteiger partial charge in [0.1, 0.15) is 5.75 Å². The van der Waals surface area contributed by atoms with Crippen molar-refractivity contribution in [3.05, 3.63) is 54.6 Å². The second-order valence-electron chi connectivity index (χ2n) is 6.45. The van der Waals surface area contributed by atoms with Crippen LogP contribution >= 0.6 is 0 Å². The third-order valence-corrected chi connectivity index (χ3v) is 4.53. The molecule has 0 spiro atoms. The molecule has 2 aromatic rings. The van der Waals surface area contributed by atoms with Crippen molar-refractivity contribution in [2.75, 3.05) is 25.0 Å². The topological polar surface area (TPSA) is 65.4 Å². The molecule has 2 aromatic carbocycles. The number of rotatable bonds is 6. The van der Waals surface area contributed by atoms with E-state index < -0.39 is 0 Å². The fraction of sp³-hybridized carbons (Fsp3) is 0.333. The average molecular weight is 349 g/mol. The molecule has 1 aliphatic heterocycles. The van der Waals surface area contributed by atoms with Gasteiger partial charge in [-0.1, -0.05) is 30.3 Å². The SMILES string of the molecule is N#CCCN1CCCC(C(=O)Nc2ccccc2Oc2ccccc2)C1. The number of nitriles is 1. The van der Waals surface area contributed by atoms with E-state index in [4.69, 9.17) is 10.00 Å². The average Bonchev–Trinajstić information content (AvgIpc) is 2.69. The lowest BCUT2D eigenvalue weighted by Crippen LogP contribution is -2.41. The molecule has 0 bridgehead atoms. The van der Waals surface area contributed by atoms with E-state index in [2.05, 4.69) is 16.3 Å². The number of carbonyl (C=O) groups is 1. The molecular weight excluding hydrogens is 326 g/mol. The van der Waals surface area contributed by atoms with Crippen molar-refractivity contribution in [3.8, 4) is 17.6 Å². The number of hydrogen-bond donors (Lipinski definition) is 1. The summed E-state index contributed by atoms with van der Waals surface area (Å²) in [5.41, 5.74) is 0.676. The molecule has 0 aromatic heterocycles. The van der Waals surface area contributed by atoms with Crippen molar-refractivity contribution < 1.29 is 9.53 Å². The number of hydrogen-bond acceptors (Lipinski definition) is 4. The first-order valence-corrected chi connectivity index (χ1v) is 8.98. The Hall–Kier alpha value is -2.84. The summed E-state index contributed by atoms with van der Waals surface area (Å²) in [7, 11) is 0. The number of amides is 1. The highest BCUT2D eigenvalue weighted by Crippen LogP contribution is 2.30. The van der Waals surface area contributed by atoms with Gasteiger partial charge in [-0.05, 0) is 43.7 Å². The minimum atomic E-state index is -0.0628. The van der Waals surface area contributed by atoms with Gasteiger partial charge in [0.25, 0.3) is 0 Å². The summed E-state index contributed by atoms with van der Waals surface area (Å²) < 4.78 is 5.91. The standard InChI is InChI=1S/C21H23N3O2/c22-13-7-15-24-14-6-8-17(16-24)21(25)23-19-11-4-5-12-20(19)26-18-9-2-1-3-10-18/h1-5,9-12,17H,6-8,14-16H2,(H,23,25). The number of nitrogens with zero attached hydrogens (tertiary/aromatic N) is 2. The van der Waals surface area contributed by atoms with Gasteiger partial charge in [-0.3, -0.25) is 4.79 Å². The van der Waals surface area contributed by atoms with E-state index in [0.717, 1.165) is 31.7 Å². The van der Waals surface area contributed by atoms with Gasteiger partial charge >= 0.3 is 0 Å². The molecule has 3 rings (SSSR count). The highest BCUT2D eigenvalue weighted by atomic mass is 16.5. The number of para-hydroxylation sites is 3. The van der Waals surface area contributed by atoms with Crippen molar-refractivity contribution in [2.45, 2.75) is 19.3 Å². The first-order valence-electron chi connectivity index (χ1n) is 8.98. The minimum absolute atomic E-state index is 0.00997. The van der Waals surface area contributed by atoms with E-state index in [1.54, 1.807) is 0 Å². The van der Waals surface area contributed by atoms with Gasteiger partial charge in [-0.2, -0.15) is 5.26 Å². The van der Waals surface area contributed by atoms with E-state index in [9.17, 15) is 4.79 Å². The van der Waals surface area contributed by atoms with Crippen LogP contribution in [0.3, 0.4) is 0 Å². The van der Waals surface area contributed by atoms with Gasteiger partial charge in [-0.25, -0.2) is 0 Å². The Morgan fingerprint density at radius 1 is 1.19 bits per heavy atom. The molecule has 1 fully saturated rings. The normalized spacial score (nSPS) is 17.3. The Bertz CT molecular complexity index is 770. The molecule has 1 saturated heterocycles. The molecule has 5 nitrogen and oxygen atoms in total. The summed E-state index contributed by atoms with van der Waals surface area (Å²) in [4.78, 5) is 14.9. The molecule has 1 amide bonds. The number of likely N-dealkylation sites (tertiary alicyclic amines) is 1. The van der Waals surface area contributed by atoms with Gasteiger partial charge in [-0.15, -0.1) is 0 Å². The molecular formula is C21H23N3O2. The Kier molecular flexibility index (Phi) is 6.24. The van der Waals surface area contributed by atoms with Crippen LogP contribution in [0.1, 0.15) is 19.3 Å². The largest absolute Gasteiger partial charge is 0.455 e. The Labute approximate surface area is 154 Å². The summed E-state index contributed by atoms with van der Waals surface area (Å²) >= 11 is 0. The van der Waals surface area contributed by atoms with Gasteiger partial charge in [0.15, 0.2) is 5.75 Å². The first kappa shape index (κ1) is 18.0. The Morgan fingerprint density at radius 2 is 1.96 bits per heavy atom. The summed E-state index contributed by atoms with van der Waals surface area (Å²) in [6, 6.07) is 19.2. The van der Waals surface area contributed by atoms with Gasteiger partial charge in [0, 0.05) is 19.5 Å². The van der Waals surface area contributed by atoms with Gasteiger partial charge in [0.05, 0.1) is 17.7 Å². The van der Waals surface area contributed by atoms with Crippen molar-refractivity contribution in [3.63, 3.8) is 0 Å². The third kappa shape index (κ3) is 4.84. The summed E-state index contributed by atoms with van der Waals surface area (Å²) in [6.45, 7) is 2.39. The van der Waals surface area contributed by atoms with E-state index in [1.165, 1.54) is 0 Å². The zero-order valence-corrected chi connectivity index (χ0v) is 14.7. The van der Waals surface area contributed by atoms with Crippen LogP contribution in [0.4, 0.5) is 5.69 Å². The summed E-state index contributed by atoms with van der Waals surface area (Å²) in [5, 5.41) is 11.8. The van der Waals surface area contributed by atoms with Gasteiger partial charge in [0.2, 0.25) is 5.91 Å². The fourth-order valence-electron chi connectivity index (χ4n) is 3.19. The molecule has 5 heteroatoms. The monoisotopic (exact) mass is 349 g/mol. The molecule has 26 heavy (non-hydrogen) atoms. The van der Waals surface area contributed by atoms with E-state index in [-0.39, 0.29) is 11.8 Å². The number of ether oxygens (including phenoxy) is 1. The van der Waals surface area contributed by atoms with Crippen molar-refractivity contribution in [1.82, 2.24) is 4.90 Å². The maximum Gasteiger partial charge on any atom is 0.228 e. The zero-order valence-electron chi connectivity index (χ0n) is 14.7. The van der Waals surface area contributed by atoms with Crippen LogP contribution in [0.15, 0.2) is 54.6 Å². The first-order chi connectivity index (χ1) is 12.8. The fourth-order valence-corrected chi connectivity index (χ4v) is 3.19. The van der Waals surface area contributed by atoms with Crippen LogP contribution in [0.25, 0.3) is 0 Å². The molecule has 1 aliphatic rings. The van der Waals surface area contributed by atoms with Crippen LogP contribution in [0.2, 0.25) is 0 Å². The smallest absolute Gasteiger partial charge is 0.228 e. The zero-order chi connectivity index (χ0) is 18.2. The second kappa shape index (κ2) is 9.02. The molecule has 0 radical (unpaired) electrons. The second-order valence-corrected chi connectivity index (χ2v) is 6.45. The lowest BCUT2D eigenvalue weighted by molar-refractivity contribution is -0.121. The molecule has 1 atom stereocenters. The number of carbonyl (C=O) groups excluding carboxylic acids is 1. The predicted octanol–water partition coefficient (Wildman–Crippen LogP) is 4.04. The third-order valence-electron chi connectivity index (χ3n) is 4.53. The quantitative estimate of drug-likeness (QED) is 0.855. The Balaban J connectivity index is 1.65. The van der Waals surface area contributed by atoms with Crippen LogP contribution < -0.4 is 10.1 Å². The van der Waals surface area contributed by atoms with Crippen molar-refractivity contribution >= 4 is 11.6 Å². The molecule has 1 N–H and O–H groups in total. The van der Waals surface area contributed by atoms with Crippen LogP contribution in [-0.2, 0) is 4.79 Å². The molecule has 0 saturated carbocycles. The maximum atomic E-state index is 12.7. The highest BCUT2D eigenvalue weighted by molar-refractivity contribution is 5.94. The van der Waals surface area contributed by atoms with E-state index in [1.807, 2.05) is 54.6 Å². The molecule has 1 heterocycles. The molecule has 134 valence electrons. The number of piperidine rings is 1. The molecule has 0 aliphatic carbocycles. The number of benzene rings is 2. The van der Waals surface area contributed by atoms with E-state index >= 15 is 0 Å². The number of anilines is 1. The number of nitrogens with one attached hydrogen (secondary N) is 1. The summed E-state index contributed by atoms with van der Waals surface area (Å²) in [5.74, 6) is 1.31. The van der Waals surface area contributed by atoms with E-state index in [0.29, 0.717) is 24.4 Å². The lowest BCUT2D eigenvalue weighted by Gasteiger charge is -2.31. The van der Waals surface area contributed by atoms with Crippen molar-refractivity contribution in [1.29, 1.82) is 5.26 Å². The predicted molar refractivity (Wildman–Crippen MR) is 101 cm³/mol. The maximum absolute atomic E-state index is 12.7. The summed E-state index contributed by atoms with van der Waals surface area (Å²) in [6.07, 6.45) is 2.35. The van der Waals surface area contributed by atoms with Crippen molar-refractivity contribution in [2.24, 2.45) is 5.92 Å². The lowest BCUT2D eigenvalue weighted by atomic mass is 9.97. The molecule has 1 unspecified atom stereocenters. The minimum Gasteiger partial charge on any atom is -0.455 e. The van der Waals surface area contributed by atoms with Crippen LogP contribution in [0, 0.1) is 17.2 Å². The van der Waals surface area contributed by atoms with Crippen LogP contribution in [0.5, 0.6) is 11.5 Å².